The standard InChI is InChI=1S/C68H79N13O5/c1-8-80-58-25-16-14-22-55(58)67(4,5)60(80)27-11-9-12-28-61-68(6,7)56-23-15-17-26-59(56)81(61)45-20-10-13-29-64(85)73-57(66(86)70-46-49-32-34-50(35-33-49)65-78-74-47(2)75-79-65)24-18-19-44-69-62(83)30-21-31-63(84)72-52-38-42-54(43-39-52)77-76-53-40-36-51(37-41-53)71-48(3)82/h9,11-12,14-17,22-23,25-28,32-43,57H,8,10,13,18-21,24,29-31,44-46H2,1-7H3,(H4-,69,70,71,72,73,74,75,76,77,78,79,82,83,84,85,86)/p+1. The lowest BCUT2D eigenvalue weighted by molar-refractivity contribution is -0.438. The van der Waals surface area contributed by atoms with Gasteiger partial charge in [0.25, 0.3) is 0 Å². The van der Waals surface area contributed by atoms with Gasteiger partial charge in [0.2, 0.25) is 41.0 Å². The van der Waals surface area contributed by atoms with E-state index in [0.29, 0.717) is 73.0 Å². The van der Waals surface area contributed by atoms with E-state index in [9.17, 15) is 24.0 Å². The third-order valence-electron chi connectivity index (χ3n) is 15.5. The van der Waals surface area contributed by atoms with E-state index in [0.717, 1.165) is 37.1 Å². The van der Waals surface area contributed by atoms with Crippen molar-refractivity contribution in [3.05, 3.63) is 180 Å². The van der Waals surface area contributed by atoms with E-state index in [2.05, 4.69) is 180 Å². The number of azo groups is 1. The highest BCUT2D eigenvalue weighted by atomic mass is 16.2. The van der Waals surface area contributed by atoms with Crippen molar-refractivity contribution in [3.8, 4) is 11.4 Å². The summed E-state index contributed by atoms with van der Waals surface area (Å²) in [6, 6.07) is 37.9. The molecule has 0 saturated carbocycles. The Morgan fingerprint density at radius 3 is 1.95 bits per heavy atom. The molecule has 8 rings (SSSR count). The molecule has 5 amide bonds. The monoisotopic (exact) mass is 1160 g/mol. The number of para-hydroxylation sites is 2. The van der Waals surface area contributed by atoms with Crippen LogP contribution in [0.5, 0.6) is 0 Å². The first-order valence-electron chi connectivity index (χ1n) is 29.8. The number of benzene rings is 5. The van der Waals surface area contributed by atoms with Gasteiger partial charge in [-0.1, -0.05) is 92.7 Å². The normalized spacial score (nSPS) is 14.8. The number of aryl methyl sites for hydroxylation is 1. The molecule has 2 aliphatic rings. The highest BCUT2D eigenvalue weighted by Gasteiger charge is 2.44. The molecule has 0 bridgehead atoms. The predicted molar refractivity (Wildman–Crippen MR) is 339 cm³/mol. The Hall–Kier alpha value is -9.32. The first-order chi connectivity index (χ1) is 41.5. The molecule has 5 N–H and O–H groups in total. The average molecular weight is 1160 g/mol. The Kier molecular flexibility index (Phi) is 21.9. The second-order valence-corrected chi connectivity index (χ2v) is 22.7. The Balaban J connectivity index is 0.796. The van der Waals surface area contributed by atoms with Gasteiger partial charge in [0, 0.05) is 104 Å². The lowest BCUT2D eigenvalue weighted by atomic mass is 9.81. The molecule has 0 saturated heterocycles. The SMILES string of the molecule is CCN1/C(=C/C=C/C=C/C2=[N+](CCCCCC(=O)NC(CCCCNC(=O)CCCC(=O)Nc3ccc(N=Nc4ccc(NC(C)=O)cc4)cc3)C(=O)NCc3ccc(-c4nnc(C)nn4)cc3)c3ccccc3C2(C)C)C(C)(C)c2ccccc21. The quantitative estimate of drug-likeness (QED) is 0.0135. The second kappa shape index (κ2) is 30.0. The summed E-state index contributed by atoms with van der Waals surface area (Å²) in [6.45, 7) is 16.8. The number of amides is 5. The number of allylic oxidation sites excluding steroid dienone is 6. The first-order valence-corrected chi connectivity index (χ1v) is 29.8. The van der Waals surface area contributed by atoms with Gasteiger partial charge in [0.05, 0.1) is 16.8 Å². The lowest BCUT2D eigenvalue weighted by Gasteiger charge is -2.25. The predicted octanol–water partition coefficient (Wildman–Crippen LogP) is 12.3. The maximum Gasteiger partial charge on any atom is 0.242 e. The zero-order valence-corrected chi connectivity index (χ0v) is 50.5. The lowest BCUT2D eigenvalue weighted by Crippen LogP contribution is -2.46. The fourth-order valence-corrected chi connectivity index (χ4v) is 10.9. The molecular weight excluding hydrogens is 1080 g/mol. The number of likely N-dealkylation sites (N-methyl/N-ethyl adjacent to an activating group) is 1. The van der Waals surface area contributed by atoms with Crippen LogP contribution in [0, 0.1) is 6.92 Å². The smallest absolute Gasteiger partial charge is 0.242 e. The molecule has 18 nitrogen and oxygen atoms in total. The summed E-state index contributed by atoms with van der Waals surface area (Å²) in [7, 11) is 0. The molecular formula is C68H80N13O5+. The summed E-state index contributed by atoms with van der Waals surface area (Å²) in [5.41, 5.74) is 11.4. The molecule has 86 heavy (non-hydrogen) atoms. The molecule has 446 valence electrons. The third kappa shape index (κ3) is 16.9. The van der Waals surface area contributed by atoms with E-state index in [1.165, 1.54) is 40.8 Å². The number of anilines is 3. The van der Waals surface area contributed by atoms with Crippen LogP contribution in [0.25, 0.3) is 11.4 Å². The molecule has 0 fully saturated rings. The van der Waals surface area contributed by atoms with Crippen LogP contribution in [0.2, 0.25) is 0 Å². The van der Waals surface area contributed by atoms with Gasteiger partial charge in [0.15, 0.2) is 11.5 Å². The number of nitrogens with zero attached hydrogens (tertiary/aromatic N) is 8. The van der Waals surface area contributed by atoms with Gasteiger partial charge in [-0.15, -0.1) is 20.4 Å². The number of fused-ring (bicyclic) bond motifs is 2. The number of rotatable bonds is 28. The van der Waals surface area contributed by atoms with Crippen molar-refractivity contribution in [1.29, 1.82) is 0 Å². The largest absolute Gasteiger partial charge is 0.356 e. The molecule has 6 aromatic rings. The van der Waals surface area contributed by atoms with Crippen molar-refractivity contribution < 1.29 is 28.5 Å². The van der Waals surface area contributed by atoms with Gasteiger partial charge in [0.1, 0.15) is 12.6 Å². The number of unbranched alkanes of at least 4 members (excludes halogenated alkanes) is 3. The molecule has 3 heterocycles. The number of hydrogen-bond donors (Lipinski definition) is 5. The van der Waals surface area contributed by atoms with Crippen molar-refractivity contribution in [1.82, 2.24) is 36.3 Å². The molecule has 18 heteroatoms. The Morgan fingerprint density at radius 2 is 1.27 bits per heavy atom. The average Bonchev–Trinajstić information content (AvgIpc) is 1.71. The van der Waals surface area contributed by atoms with Crippen LogP contribution in [0.15, 0.2) is 168 Å². The molecule has 1 atom stereocenters. The van der Waals surface area contributed by atoms with Crippen molar-refractivity contribution in [2.24, 2.45) is 10.2 Å². The maximum absolute atomic E-state index is 13.8. The molecule has 2 aliphatic heterocycles. The molecule has 0 aliphatic carbocycles. The van der Waals surface area contributed by atoms with Gasteiger partial charge in [-0.2, -0.15) is 14.8 Å². The van der Waals surface area contributed by atoms with E-state index >= 15 is 0 Å². The van der Waals surface area contributed by atoms with Gasteiger partial charge >= 0.3 is 0 Å². The topological polar surface area (TPSA) is 228 Å². The number of carbonyl (C=O) groups excluding carboxylic acids is 5. The van der Waals surface area contributed by atoms with Crippen LogP contribution in [0.3, 0.4) is 0 Å². The molecule has 1 aromatic heterocycles. The summed E-state index contributed by atoms with van der Waals surface area (Å²) >= 11 is 0. The fourth-order valence-electron chi connectivity index (χ4n) is 10.9. The van der Waals surface area contributed by atoms with E-state index in [4.69, 9.17) is 0 Å². The van der Waals surface area contributed by atoms with Crippen LogP contribution in [0.1, 0.15) is 128 Å². The minimum atomic E-state index is -0.778. The zero-order chi connectivity index (χ0) is 61.1. The van der Waals surface area contributed by atoms with Crippen molar-refractivity contribution in [3.63, 3.8) is 0 Å². The minimum absolute atomic E-state index is 0.0952. The Bertz CT molecular complexity index is 3500. The minimum Gasteiger partial charge on any atom is -0.356 e. The van der Waals surface area contributed by atoms with Crippen LogP contribution < -0.4 is 31.5 Å². The van der Waals surface area contributed by atoms with Gasteiger partial charge < -0.3 is 31.5 Å². The van der Waals surface area contributed by atoms with E-state index in [1.807, 2.05) is 24.3 Å². The van der Waals surface area contributed by atoms with Crippen molar-refractivity contribution >= 4 is 69.4 Å². The van der Waals surface area contributed by atoms with Gasteiger partial charge in [-0.3, -0.25) is 24.0 Å². The van der Waals surface area contributed by atoms with Crippen LogP contribution in [0.4, 0.5) is 34.1 Å². The fraction of sp³-hybridized carbons (Fsp3) is 0.353. The molecule has 0 spiro atoms. The maximum atomic E-state index is 13.8. The van der Waals surface area contributed by atoms with Gasteiger partial charge in [-0.05, 0) is 138 Å². The zero-order valence-electron chi connectivity index (χ0n) is 50.5. The summed E-state index contributed by atoms with van der Waals surface area (Å²) in [5.74, 6) is -0.147. The van der Waals surface area contributed by atoms with E-state index < -0.39 is 6.04 Å². The Morgan fingerprint density at radius 1 is 0.628 bits per heavy atom. The van der Waals surface area contributed by atoms with E-state index in [-0.39, 0.29) is 66.2 Å². The highest BCUT2D eigenvalue weighted by molar-refractivity contribution is 6.03. The third-order valence-corrected chi connectivity index (χ3v) is 15.5. The van der Waals surface area contributed by atoms with Crippen LogP contribution >= 0.6 is 0 Å². The number of carbonyl (C=O) groups is 5. The summed E-state index contributed by atoms with van der Waals surface area (Å²) in [4.78, 5) is 66.6. The molecule has 1 unspecified atom stereocenters. The van der Waals surface area contributed by atoms with E-state index in [1.54, 1.807) is 55.5 Å². The molecule has 0 radical (unpaired) electrons. The summed E-state index contributed by atoms with van der Waals surface area (Å²) < 4.78 is 2.42. The highest BCUT2D eigenvalue weighted by Crippen LogP contribution is 2.47. The summed E-state index contributed by atoms with van der Waals surface area (Å²) in [5, 5.41) is 39.2. The summed E-state index contributed by atoms with van der Waals surface area (Å²) in [6.07, 6.45) is 15.8. The Labute approximate surface area is 504 Å². The van der Waals surface area contributed by atoms with Crippen molar-refractivity contribution in [2.45, 2.75) is 136 Å². The van der Waals surface area contributed by atoms with Crippen molar-refractivity contribution in [2.75, 3.05) is 35.2 Å². The number of aromatic nitrogens is 4. The van der Waals surface area contributed by atoms with Gasteiger partial charge in [-0.25, -0.2) is 0 Å². The van der Waals surface area contributed by atoms with Crippen LogP contribution in [-0.2, 0) is 41.3 Å². The van der Waals surface area contributed by atoms with Crippen LogP contribution in [-0.4, -0.2) is 85.9 Å². The number of nitrogens with one attached hydrogen (secondary N) is 5. The molecule has 5 aromatic carbocycles. The first kappa shape index (κ1) is 62.7. The second-order valence-electron chi connectivity index (χ2n) is 22.7. The number of hydrogen-bond acceptors (Lipinski definition) is 12.